The van der Waals surface area contributed by atoms with Crippen molar-refractivity contribution in [3.8, 4) is 5.75 Å². The van der Waals surface area contributed by atoms with E-state index >= 15 is 0 Å². The normalized spacial score (nSPS) is 12.5. The van der Waals surface area contributed by atoms with Crippen LogP contribution in [0.4, 0.5) is 4.39 Å². The van der Waals surface area contributed by atoms with Crippen LogP contribution >= 0.6 is 0 Å². The van der Waals surface area contributed by atoms with Crippen molar-refractivity contribution in [3.63, 3.8) is 0 Å². The molecule has 0 radical (unpaired) electrons. The van der Waals surface area contributed by atoms with Crippen molar-refractivity contribution in [1.29, 1.82) is 0 Å². The van der Waals surface area contributed by atoms with E-state index in [0.717, 1.165) is 11.3 Å². The third-order valence-electron chi connectivity index (χ3n) is 1.95. The van der Waals surface area contributed by atoms with Crippen molar-refractivity contribution < 1.29 is 9.13 Å². The van der Waals surface area contributed by atoms with Crippen LogP contribution in [0.2, 0.25) is 0 Å². The van der Waals surface area contributed by atoms with Crippen LogP contribution in [0, 0.1) is 0 Å². The van der Waals surface area contributed by atoms with Gasteiger partial charge in [0, 0.05) is 18.0 Å². The van der Waals surface area contributed by atoms with Gasteiger partial charge in [0.05, 0.1) is 13.3 Å². The summed E-state index contributed by atoms with van der Waals surface area (Å²) in [4.78, 5) is 0. The molecule has 0 saturated heterocycles. The van der Waals surface area contributed by atoms with E-state index in [4.69, 9.17) is 10.5 Å². The maximum Gasteiger partial charge on any atom is 0.124 e. The first-order valence-corrected chi connectivity index (χ1v) is 4.79. The third-order valence-corrected chi connectivity index (χ3v) is 1.95. The van der Waals surface area contributed by atoms with E-state index in [9.17, 15) is 4.39 Å². The molecule has 0 aliphatic heterocycles. The number of benzene rings is 1. The van der Waals surface area contributed by atoms with Crippen LogP contribution in [0.5, 0.6) is 5.75 Å². The second-order valence-electron chi connectivity index (χ2n) is 3.22. The summed E-state index contributed by atoms with van der Waals surface area (Å²) < 4.78 is 17.3. The molecule has 3 heteroatoms. The van der Waals surface area contributed by atoms with Crippen molar-refractivity contribution >= 4 is 0 Å². The van der Waals surface area contributed by atoms with E-state index in [-0.39, 0.29) is 12.7 Å². The van der Waals surface area contributed by atoms with E-state index in [1.54, 1.807) is 0 Å². The number of ether oxygens (including phenoxy) is 1. The third kappa shape index (κ3) is 3.00. The zero-order valence-corrected chi connectivity index (χ0v) is 8.37. The Kier molecular flexibility index (Phi) is 4.40. The highest BCUT2D eigenvalue weighted by Gasteiger charge is 2.06. The highest BCUT2D eigenvalue weighted by atomic mass is 19.1. The first-order valence-electron chi connectivity index (χ1n) is 4.79. The zero-order chi connectivity index (χ0) is 10.4. The van der Waals surface area contributed by atoms with Gasteiger partial charge in [0.15, 0.2) is 0 Å². The molecule has 14 heavy (non-hydrogen) atoms. The molecule has 1 atom stereocenters. The summed E-state index contributed by atoms with van der Waals surface area (Å²) in [5.74, 6) is 0.760. The molecule has 0 spiro atoms. The van der Waals surface area contributed by atoms with Crippen LogP contribution in [0.1, 0.15) is 24.9 Å². The minimum atomic E-state index is -0.347. The average Bonchev–Trinajstić information content (AvgIpc) is 2.19. The van der Waals surface area contributed by atoms with Crippen LogP contribution in [-0.2, 0) is 0 Å². The molecule has 2 N–H and O–H groups in total. The predicted octanol–water partition coefficient (Wildman–Crippen LogP) is 2.44. The lowest BCUT2D eigenvalue weighted by molar-refractivity contribution is 0.286. The Morgan fingerprint density at radius 2 is 2.14 bits per heavy atom. The highest BCUT2D eigenvalue weighted by molar-refractivity contribution is 5.35. The second-order valence-corrected chi connectivity index (χ2v) is 3.22. The van der Waals surface area contributed by atoms with Crippen LogP contribution in [0.15, 0.2) is 24.3 Å². The number of alkyl halides is 1. The lowest BCUT2D eigenvalue weighted by atomic mass is 10.1. The number of nitrogens with two attached hydrogens (primary N) is 1. The Morgan fingerprint density at radius 3 is 2.79 bits per heavy atom. The van der Waals surface area contributed by atoms with E-state index in [1.807, 2.05) is 31.2 Å². The van der Waals surface area contributed by atoms with Gasteiger partial charge in [-0.15, -0.1) is 0 Å². The number of hydrogen-bond donors (Lipinski definition) is 1. The van der Waals surface area contributed by atoms with Crippen LogP contribution in [0.3, 0.4) is 0 Å². The summed E-state index contributed by atoms with van der Waals surface area (Å²) in [7, 11) is 0. The van der Waals surface area contributed by atoms with Gasteiger partial charge >= 0.3 is 0 Å². The summed E-state index contributed by atoms with van der Waals surface area (Å²) in [5.41, 5.74) is 6.73. The van der Waals surface area contributed by atoms with Crippen molar-refractivity contribution in [2.75, 3.05) is 13.3 Å². The van der Waals surface area contributed by atoms with Crippen LogP contribution in [0.25, 0.3) is 0 Å². The molecular weight excluding hydrogens is 181 g/mol. The molecule has 0 fully saturated rings. The summed E-state index contributed by atoms with van der Waals surface area (Å²) in [5, 5.41) is 0. The number of hydrogen-bond acceptors (Lipinski definition) is 2. The Labute approximate surface area is 83.9 Å². The number of para-hydroxylation sites is 1. The van der Waals surface area contributed by atoms with Crippen LogP contribution < -0.4 is 10.5 Å². The van der Waals surface area contributed by atoms with E-state index in [2.05, 4.69) is 0 Å². The summed E-state index contributed by atoms with van der Waals surface area (Å²) in [6.45, 7) is 1.96. The van der Waals surface area contributed by atoms with Gasteiger partial charge in [-0.1, -0.05) is 18.2 Å². The van der Waals surface area contributed by atoms with Gasteiger partial charge in [0.2, 0.25) is 0 Å². The lowest BCUT2D eigenvalue weighted by Gasteiger charge is -2.12. The lowest BCUT2D eigenvalue weighted by Crippen LogP contribution is -2.08. The monoisotopic (exact) mass is 197 g/mol. The molecule has 78 valence electrons. The molecule has 0 aromatic heterocycles. The van der Waals surface area contributed by atoms with Gasteiger partial charge in [0.1, 0.15) is 5.75 Å². The standard InChI is InChI=1S/C11H16FNO/c1-9(13)10-5-2-3-6-11(10)14-8-4-7-12/h2-3,5-6,9H,4,7-8,13H2,1H3. The van der Waals surface area contributed by atoms with E-state index in [0.29, 0.717) is 13.0 Å². The summed E-state index contributed by atoms with van der Waals surface area (Å²) in [6, 6.07) is 7.53. The molecule has 1 aromatic rings. The molecule has 2 nitrogen and oxygen atoms in total. The molecule has 0 heterocycles. The molecule has 0 aliphatic carbocycles. The maximum absolute atomic E-state index is 11.9. The molecule has 0 amide bonds. The fraction of sp³-hybridized carbons (Fsp3) is 0.455. The molecule has 1 unspecified atom stereocenters. The number of halogens is 1. The summed E-state index contributed by atoms with van der Waals surface area (Å²) >= 11 is 0. The van der Waals surface area contributed by atoms with Crippen molar-refractivity contribution in [1.82, 2.24) is 0 Å². The van der Waals surface area contributed by atoms with Crippen LogP contribution in [-0.4, -0.2) is 13.3 Å². The predicted molar refractivity (Wildman–Crippen MR) is 55.1 cm³/mol. The largest absolute Gasteiger partial charge is 0.493 e. The second kappa shape index (κ2) is 5.60. The Balaban J connectivity index is 2.64. The van der Waals surface area contributed by atoms with Crippen molar-refractivity contribution in [2.45, 2.75) is 19.4 Å². The van der Waals surface area contributed by atoms with Gasteiger partial charge in [-0.2, -0.15) is 0 Å². The number of rotatable bonds is 5. The SMILES string of the molecule is CC(N)c1ccccc1OCCCF. The van der Waals surface area contributed by atoms with Gasteiger partial charge in [-0.3, -0.25) is 4.39 Å². The molecule has 0 bridgehead atoms. The van der Waals surface area contributed by atoms with E-state index in [1.165, 1.54) is 0 Å². The quantitative estimate of drug-likeness (QED) is 0.736. The highest BCUT2D eigenvalue weighted by Crippen LogP contribution is 2.23. The summed E-state index contributed by atoms with van der Waals surface area (Å²) in [6.07, 6.45) is 0.424. The average molecular weight is 197 g/mol. The molecule has 0 saturated carbocycles. The maximum atomic E-state index is 11.9. The fourth-order valence-electron chi connectivity index (χ4n) is 1.22. The van der Waals surface area contributed by atoms with Gasteiger partial charge in [-0.05, 0) is 13.0 Å². The van der Waals surface area contributed by atoms with Crippen molar-refractivity contribution in [3.05, 3.63) is 29.8 Å². The molecule has 0 aliphatic rings. The molecule has 1 aromatic carbocycles. The molecular formula is C11H16FNO. The topological polar surface area (TPSA) is 35.2 Å². The minimum Gasteiger partial charge on any atom is -0.493 e. The van der Waals surface area contributed by atoms with Gasteiger partial charge in [-0.25, -0.2) is 0 Å². The zero-order valence-electron chi connectivity index (χ0n) is 8.37. The minimum absolute atomic E-state index is 0.0587. The Bertz CT molecular complexity index is 276. The Morgan fingerprint density at radius 1 is 1.43 bits per heavy atom. The Hall–Kier alpha value is -1.09. The first-order chi connectivity index (χ1) is 6.75. The van der Waals surface area contributed by atoms with E-state index < -0.39 is 0 Å². The fourth-order valence-corrected chi connectivity index (χ4v) is 1.22. The smallest absolute Gasteiger partial charge is 0.124 e. The van der Waals surface area contributed by atoms with Crippen molar-refractivity contribution in [2.24, 2.45) is 5.73 Å². The van der Waals surface area contributed by atoms with Gasteiger partial charge in [0.25, 0.3) is 0 Å². The molecule has 1 rings (SSSR count). The first kappa shape index (κ1) is 11.0. The van der Waals surface area contributed by atoms with Gasteiger partial charge < -0.3 is 10.5 Å².